The number of halogens is 1. The first kappa shape index (κ1) is 17.7. The summed E-state index contributed by atoms with van der Waals surface area (Å²) in [5.41, 5.74) is 3.82. The molecule has 1 aliphatic carbocycles. The molecule has 3 rings (SSSR count). The first-order valence-electron chi connectivity index (χ1n) is 9.47. The van der Waals surface area contributed by atoms with Crippen LogP contribution in [0.4, 0.5) is 4.39 Å². The number of hydrogen-bond donors (Lipinski definition) is 0. The molecule has 1 saturated carbocycles. The predicted molar refractivity (Wildman–Crippen MR) is 100.0 cm³/mol. The third-order valence-electron chi connectivity index (χ3n) is 5.73. The zero-order valence-corrected chi connectivity index (χ0v) is 15.0. The van der Waals surface area contributed by atoms with Crippen molar-refractivity contribution in [3.8, 4) is 6.07 Å². The zero-order valence-electron chi connectivity index (χ0n) is 15.0. The lowest BCUT2D eigenvalue weighted by Gasteiger charge is -2.28. The van der Waals surface area contributed by atoms with Crippen molar-refractivity contribution in [2.75, 3.05) is 0 Å². The summed E-state index contributed by atoms with van der Waals surface area (Å²) in [7, 11) is 0. The van der Waals surface area contributed by atoms with Crippen molar-refractivity contribution in [3.05, 3.63) is 70.5 Å². The summed E-state index contributed by atoms with van der Waals surface area (Å²) in [5.74, 6) is 1.24. The predicted octanol–water partition coefficient (Wildman–Crippen LogP) is 6.17. The summed E-state index contributed by atoms with van der Waals surface area (Å²) < 4.78 is 13.7. The summed E-state index contributed by atoms with van der Waals surface area (Å²) in [5, 5.41) is 8.79. The molecule has 2 aromatic carbocycles. The van der Waals surface area contributed by atoms with E-state index >= 15 is 0 Å². The molecule has 2 heteroatoms. The van der Waals surface area contributed by atoms with Gasteiger partial charge in [-0.05, 0) is 79.2 Å². The van der Waals surface area contributed by atoms with Crippen LogP contribution in [-0.2, 0) is 12.8 Å². The van der Waals surface area contributed by atoms with Crippen molar-refractivity contribution in [3.63, 3.8) is 0 Å². The van der Waals surface area contributed by atoms with Crippen LogP contribution in [0.1, 0.15) is 67.2 Å². The van der Waals surface area contributed by atoms with Crippen LogP contribution in [0, 0.1) is 23.1 Å². The summed E-state index contributed by atoms with van der Waals surface area (Å²) >= 11 is 0. The van der Waals surface area contributed by atoms with Crippen molar-refractivity contribution >= 4 is 0 Å². The average molecular weight is 335 g/mol. The SMILES string of the molecule is CCC1CCC(c2ccc(CCc3ccc(C#N)c(F)c3)cc2)CC1. The topological polar surface area (TPSA) is 23.8 Å². The Bertz CT molecular complexity index is 734. The van der Waals surface area contributed by atoms with Crippen molar-refractivity contribution in [1.82, 2.24) is 0 Å². The van der Waals surface area contributed by atoms with Crippen molar-refractivity contribution < 1.29 is 4.39 Å². The molecule has 2 aromatic rings. The number of rotatable bonds is 5. The van der Waals surface area contributed by atoms with E-state index in [0.717, 1.165) is 30.2 Å². The molecule has 0 saturated heterocycles. The lowest BCUT2D eigenvalue weighted by atomic mass is 9.78. The molecule has 0 aromatic heterocycles. The molecule has 0 aliphatic heterocycles. The van der Waals surface area contributed by atoms with Crippen molar-refractivity contribution in [2.24, 2.45) is 5.92 Å². The molecule has 0 spiro atoms. The summed E-state index contributed by atoms with van der Waals surface area (Å²) in [6.45, 7) is 2.31. The van der Waals surface area contributed by atoms with E-state index in [1.54, 1.807) is 6.07 Å². The number of hydrogen-bond acceptors (Lipinski definition) is 1. The number of aryl methyl sites for hydroxylation is 2. The molecule has 25 heavy (non-hydrogen) atoms. The summed E-state index contributed by atoms with van der Waals surface area (Å²) in [6, 6.07) is 15.8. The average Bonchev–Trinajstić information content (AvgIpc) is 2.67. The number of benzene rings is 2. The van der Waals surface area contributed by atoms with Gasteiger partial charge in [-0.15, -0.1) is 0 Å². The van der Waals surface area contributed by atoms with E-state index in [2.05, 4.69) is 31.2 Å². The van der Waals surface area contributed by atoms with Gasteiger partial charge in [0.15, 0.2) is 0 Å². The Morgan fingerprint density at radius 3 is 2.20 bits per heavy atom. The van der Waals surface area contributed by atoms with E-state index in [4.69, 9.17) is 5.26 Å². The summed E-state index contributed by atoms with van der Waals surface area (Å²) in [4.78, 5) is 0. The van der Waals surface area contributed by atoms with Gasteiger partial charge in [-0.2, -0.15) is 5.26 Å². The molecule has 0 amide bonds. The molecule has 0 bridgehead atoms. The maximum Gasteiger partial charge on any atom is 0.141 e. The van der Waals surface area contributed by atoms with Gasteiger partial charge in [-0.25, -0.2) is 4.39 Å². The highest BCUT2D eigenvalue weighted by Crippen LogP contribution is 2.36. The van der Waals surface area contributed by atoms with E-state index in [9.17, 15) is 4.39 Å². The molecule has 0 N–H and O–H groups in total. The van der Waals surface area contributed by atoms with Crippen LogP contribution in [0.25, 0.3) is 0 Å². The molecule has 130 valence electrons. The third kappa shape index (κ3) is 4.48. The zero-order chi connectivity index (χ0) is 17.6. The Kier molecular flexibility index (Phi) is 5.87. The lowest BCUT2D eigenvalue weighted by molar-refractivity contribution is 0.319. The number of nitriles is 1. The Hall–Kier alpha value is -2.14. The maximum atomic E-state index is 13.7. The van der Waals surface area contributed by atoms with Gasteiger partial charge in [0.2, 0.25) is 0 Å². The molecule has 1 aliphatic rings. The monoisotopic (exact) mass is 335 g/mol. The smallest absolute Gasteiger partial charge is 0.141 e. The highest BCUT2D eigenvalue weighted by atomic mass is 19.1. The Labute approximate surface area is 150 Å². The van der Waals surface area contributed by atoms with Gasteiger partial charge >= 0.3 is 0 Å². The fourth-order valence-corrected chi connectivity index (χ4v) is 3.95. The van der Waals surface area contributed by atoms with Gasteiger partial charge in [-0.1, -0.05) is 43.7 Å². The maximum absolute atomic E-state index is 13.7. The minimum atomic E-state index is -0.418. The second-order valence-electron chi connectivity index (χ2n) is 7.29. The Balaban J connectivity index is 1.56. The van der Waals surface area contributed by atoms with Gasteiger partial charge in [0.05, 0.1) is 5.56 Å². The minimum absolute atomic E-state index is 0.117. The second-order valence-corrected chi connectivity index (χ2v) is 7.29. The Morgan fingerprint density at radius 2 is 1.60 bits per heavy atom. The lowest BCUT2D eigenvalue weighted by Crippen LogP contribution is -2.12. The van der Waals surface area contributed by atoms with E-state index in [1.807, 2.05) is 12.1 Å². The molecule has 0 radical (unpaired) electrons. The van der Waals surface area contributed by atoms with Crippen LogP contribution in [0.3, 0.4) is 0 Å². The fraction of sp³-hybridized carbons (Fsp3) is 0.435. The van der Waals surface area contributed by atoms with Crippen LogP contribution in [0.15, 0.2) is 42.5 Å². The van der Waals surface area contributed by atoms with E-state index in [1.165, 1.54) is 49.3 Å². The Morgan fingerprint density at radius 1 is 0.960 bits per heavy atom. The van der Waals surface area contributed by atoms with Gasteiger partial charge < -0.3 is 0 Å². The third-order valence-corrected chi connectivity index (χ3v) is 5.73. The minimum Gasteiger partial charge on any atom is -0.206 e. The van der Waals surface area contributed by atoms with Crippen LogP contribution >= 0.6 is 0 Å². The van der Waals surface area contributed by atoms with Crippen LogP contribution in [-0.4, -0.2) is 0 Å². The molecular formula is C23H26FN. The van der Waals surface area contributed by atoms with Crippen LogP contribution in [0.2, 0.25) is 0 Å². The van der Waals surface area contributed by atoms with Gasteiger partial charge in [0, 0.05) is 0 Å². The molecular weight excluding hydrogens is 309 g/mol. The molecule has 0 heterocycles. The van der Waals surface area contributed by atoms with Gasteiger partial charge in [0.1, 0.15) is 11.9 Å². The van der Waals surface area contributed by atoms with Gasteiger partial charge in [0.25, 0.3) is 0 Å². The fourth-order valence-electron chi connectivity index (χ4n) is 3.95. The summed E-state index contributed by atoms with van der Waals surface area (Å²) in [6.07, 6.45) is 8.39. The first-order chi connectivity index (χ1) is 12.2. The van der Waals surface area contributed by atoms with Crippen LogP contribution < -0.4 is 0 Å². The van der Waals surface area contributed by atoms with Crippen molar-refractivity contribution in [1.29, 1.82) is 5.26 Å². The standard InChI is InChI=1S/C23H26FN/c1-2-17-5-10-20(11-6-17)21-12-7-18(8-13-21)3-4-19-9-14-22(16-25)23(24)15-19/h7-9,12-15,17,20H,2-6,10-11H2,1H3. The largest absolute Gasteiger partial charge is 0.206 e. The molecule has 1 nitrogen and oxygen atoms in total. The highest BCUT2D eigenvalue weighted by Gasteiger charge is 2.21. The quantitative estimate of drug-likeness (QED) is 0.641. The molecule has 0 atom stereocenters. The highest BCUT2D eigenvalue weighted by molar-refractivity contribution is 5.34. The number of nitrogens with zero attached hydrogens (tertiary/aromatic N) is 1. The van der Waals surface area contributed by atoms with Gasteiger partial charge in [-0.3, -0.25) is 0 Å². The van der Waals surface area contributed by atoms with E-state index < -0.39 is 5.82 Å². The van der Waals surface area contributed by atoms with E-state index in [-0.39, 0.29) is 5.56 Å². The normalized spacial score (nSPS) is 20.2. The van der Waals surface area contributed by atoms with Crippen LogP contribution in [0.5, 0.6) is 0 Å². The van der Waals surface area contributed by atoms with E-state index in [0.29, 0.717) is 0 Å². The first-order valence-corrected chi connectivity index (χ1v) is 9.47. The van der Waals surface area contributed by atoms with Crippen molar-refractivity contribution in [2.45, 2.75) is 57.8 Å². The molecule has 1 fully saturated rings. The second kappa shape index (κ2) is 8.30. The molecule has 0 unspecified atom stereocenters.